The molecule has 2 atom stereocenters. The van der Waals surface area contributed by atoms with Crippen LogP contribution < -0.4 is 0 Å². The third-order valence-electron chi connectivity index (χ3n) is 3.02. The van der Waals surface area contributed by atoms with Crippen LogP contribution in [0.3, 0.4) is 0 Å². The van der Waals surface area contributed by atoms with E-state index >= 15 is 0 Å². The molecule has 82 valence electrons. The first-order valence-electron chi connectivity index (χ1n) is 5.23. The Morgan fingerprint density at radius 1 is 1.13 bits per heavy atom. The number of benzene rings is 1. The monoisotopic (exact) mass is 222 g/mol. The molecule has 0 radical (unpaired) electrons. The Morgan fingerprint density at radius 2 is 1.67 bits per heavy atom. The van der Waals surface area contributed by atoms with Gasteiger partial charge in [-0.2, -0.15) is 0 Å². The van der Waals surface area contributed by atoms with E-state index in [-0.39, 0.29) is 11.4 Å². The third-order valence-corrected chi connectivity index (χ3v) is 3.32. The summed E-state index contributed by atoms with van der Waals surface area (Å²) in [5.41, 5.74) is 5.61. The Labute approximate surface area is 94.5 Å². The van der Waals surface area contributed by atoms with Crippen LogP contribution in [0.5, 0.6) is 0 Å². The lowest BCUT2D eigenvalue weighted by atomic mass is 9.91. The number of carbonyl (C=O) groups is 1. The van der Waals surface area contributed by atoms with Gasteiger partial charge in [0, 0.05) is 11.2 Å². The van der Waals surface area contributed by atoms with Crippen LogP contribution in [-0.2, 0) is 0 Å². The molecule has 2 heteroatoms. The van der Waals surface area contributed by atoms with Gasteiger partial charge < -0.3 is 0 Å². The fourth-order valence-corrected chi connectivity index (χ4v) is 2.06. The van der Waals surface area contributed by atoms with Gasteiger partial charge in [0.15, 0.2) is 5.78 Å². The van der Waals surface area contributed by atoms with Gasteiger partial charge in [-0.1, -0.05) is 13.0 Å². The van der Waals surface area contributed by atoms with Gasteiger partial charge in [-0.15, -0.1) is 9.24 Å². The average molecular weight is 222 g/mol. The number of hydrogen-bond acceptors (Lipinski definition) is 1. The van der Waals surface area contributed by atoms with Crippen molar-refractivity contribution in [3.63, 3.8) is 0 Å². The molecular weight excluding hydrogens is 203 g/mol. The Balaban J connectivity index is 3.43. The van der Waals surface area contributed by atoms with Crippen molar-refractivity contribution in [1.29, 1.82) is 0 Å². The van der Waals surface area contributed by atoms with Crippen molar-refractivity contribution in [2.75, 3.05) is 0 Å². The van der Waals surface area contributed by atoms with E-state index in [0.717, 1.165) is 16.7 Å². The highest BCUT2D eigenvalue weighted by Gasteiger charge is 2.17. The molecule has 1 aromatic carbocycles. The Bertz CT molecular complexity index is 405. The minimum atomic E-state index is -0.00972. The van der Waals surface area contributed by atoms with Gasteiger partial charge in [-0.3, -0.25) is 4.79 Å². The van der Waals surface area contributed by atoms with E-state index in [2.05, 4.69) is 29.2 Å². The molecule has 0 fully saturated rings. The molecule has 2 unspecified atom stereocenters. The second kappa shape index (κ2) is 4.45. The zero-order valence-electron chi connectivity index (χ0n) is 10.1. The van der Waals surface area contributed by atoms with Crippen molar-refractivity contribution in [3.05, 3.63) is 33.9 Å². The summed E-state index contributed by atoms with van der Waals surface area (Å²) in [6.45, 7) is 10.1. The molecule has 0 saturated heterocycles. The average Bonchev–Trinajstić information content (AvgIpc) is 2.14. The van der Waals surface area contributed by atoms with E-state index < -0.39 is 0 Å². The maximum Gasteiger partial charge on any atom is 0.169 e. The van der Waals surface area contributed by atoms with Crippen LogP contribution in [0.4, 0.5) is 0 Å². The maximum absolute atomic E-state index is 12.0. The summed E-state index contributed by atoms with van der Waals surface area (Å²) >= 11 is 0. The molecule has 0 saturated carbocycles. The summed E-state index contributed by atoms with van der Waals surface area (Å²) < 4.78 is 0. The minimum absolute atomic E-state index is 0.00972. The first kappa shape index (κ1) is 12.4. The van der Waals surface area contributed by atoms with Crippen molar-refractivity contribution < 1.29 is 4.79 Å². The summed E-state index contributed by atoms with van der Waals surface area (Å²) in [5, 5.41) is 0. The van der Waals surface area contributed by atoms with Crippen LogP contribution in [-0.4, -0.2) is 11.4 Å². The highest BCUT2D eigenvalue weighted by atomic mass is 31.0. The molecule has 0 aliphatic heterocycles. The van der Waals surface area contributed by atoms with E-state index in [1.54, 1.807) is 0 Å². The van der Waals surface area contributed by atoms with Crippen LogP contribution in [0.1, 0.15) is 39.5 Å². The van der Waals surface area contributed by atoms with Gasteiger partial charge in [0.2, 0.25) is 0 Å². The van der Waals surface area contributed by atoms with Crippen LogP contribution in [0.2, 0.25) is 0 Å². The Kier molecular flexibility index (Phi) is 3.67. The Hall–Kier alpha value is -0.680. The first-order chi connectivity index (χ1) is 6.86. The summed E-state index contributed by atoms with van der Waals surface area (Å²) in [4.78, 5) is 12.0. The lowest BCUT2D eigenvalue weighted by molar-refractivity contribution is 0.0992. The molecule has 0 amide bonds. The molecule has 15 heavy (non-hydrogen) atoms. The lowest BCUT2D eigenvalue weighted by Crippen LogP contribution is -2.14. The van der Waals surface area contributed by atoms with Gasteiger partial charge in [0.1, 0.15) is 0 Å². The molecule has 0 bridgehead atoms. The van der Waals surface area contributed by atoms with Gasteiger partial charge >= 0.3 is 0 Å². The van der Waals surface area contributed by atoms with Crippen LogP contribution in [0, 0.1) is 27.7 Å². The minimum Gasteiger partial charge on any atom is -0.293 e. The van der Waals surface area contributed by atoms with E-state index in [0.29, 0.717) is 0 Å². The molecule has 0 spiro atoms. The molecule has 1 nitrogen and oxygen atoms in total. The number of Topliss-reactive ketones (excluding diaryl/α,β-unsaturated/α-hetero) is 1. The zero-order chi connectivity index (χ0) is 11.7. The first-order valence-corrected chi connectivity index (χ1v) is 5.90. The molecule has 0 aliphatic carbocycles. The number of carbonyl (C=O) groups excluding carboxylic acids is 1. The molecule has 1 aromatic rings. The third kappa shape index (κ3) is 2.29. The highest BCUT2D eigenvalue weighted by molar-refractivity contribution is 7.19. The Morgan fingerprint density at radius 3 is 2.13 bits per heavy atom. The van der Waals surface area contributed by atoms with Crippen LogP contribution >= 0.6 is 9.24 Å². The summed E-state index contributed by atoms with van der Waals surface area (Å²) in [5.74, 6) is 0.220. The highest BCUT2D eigenvalue weighted by Crippen LogP contribution is 2.24. The van der Waals surface area contributed by atoms with Gasteiger partial charge in [-0.25, -0.2) is 0 Å². The summed E-state index contributed by atoms with van der Waals surface area (Å²) in [6, 6.07) is 2.10. The van der Waals surface area contributed by atoms with Crippen molar-refractivity contribution in [2.24, 2.45) is 0 Å². The zero-order valence-corrected chi connectivity index (χ0v) is 11.3. The second-order valence-corrected chi connectivity index (χ2v) is 5.29. The predicted octanol–water partition coefficient (Wildman–Crippen LogP) is 3.37. The lowest BCUT2D eigenvalue weighted by Gasteiger charge is -2.15. The molecular formula is C13H19OP. The van der Waals surface area contributed by atoms with Crippen molar-refractivity contribution in [1.82, 2.24) is 0 Å². The largest absolute Gasteiger partial charge is 0.293 e. The smallest absolute Gasteiger partial charge is 0.169 e. The number of hydrogen-bond donors (Lipinski definition) is 0. The van der Waals surface area contributed by atoms with Gasteiger partial charge in [0.05, 0.1) is 0 Å². The van der Waals surface area contributed by atoms with Crippen molar-refractivity contribution in [3.8, 4) is 0 Å². The quantitative estimate of drug-likeness (QED) is 0.554. The fraction of sp³-hybridized carbons (Fsp3) is 0.462. The molecule has 1 rings (SSSR count). The van der Waals surface area contributed by atoms with Gasteiger partial charge in [0.25, 0.3) is 0 Å². The number of rotatable bonds is 2. The van der Waals surface area contributed by atoms with Crippen molar-refractivity contribution in [2.45, 2.75) is 40.3 Å². The maximum atomic E-state index is 12.0. The van der Waals surface area contributed by atoms with Crippen LogP contribution in [0.15, 0.2) is 6.07 Å². The number of ketones is 1. The SMILES string of the molecule is Cc1cc(C)c(C(=O)C(C)P)c(C)c1C. The molecule has 0 heterocycles. The summed E-state index contributed by atoms with van der Waals surface area (Å²) in [7, 11) is 2.57. The van der Waals surface area contributed by atoms with Crippen molar-refractivity contribution >= 4 is 15.0 Å². The van der Waals surface area contributed by atoms with E-state index in [9.17, 15) is 4.79 Å². The molecule has 0 aromatic heterocycles. The topological polar surface area (TPSA) is 17.1 Å². The van der Waals surface area contributed by atoms with Crippen LogP contribution in [0.25, 0.3) is 0 Å². The molecule has 0 aliphatic rings. The predicted molar refractivity (Wildman–Crippen MR) is 68.9 cm³/mol. The second-order valence-electron chi connectivity index (χ2n) is 4.29. The van der Waals surface area contributed by atoms with Gasteiger partial charge in [-0.05, 0) is 49.9 Å². The normalized spacial score (nSPS) is 12.7. The van der Waals surface area contributed by atoms with E-state index in [4.69, 9.17) is 0 Å². The number of aryl methyl sites for hydroxylation is 2. The fourth-order valence-electron chi connectivity index (χ4n) is 1.89. The molecule has 0 N–H and O–H groups in total. The summed E-state index contributed by atoms with van der Waals surface area (Å²) in [6.07, 6.45) is 0. The van der Waals surface area contributed by atoms with E-state index in [1.165, 1.54) is 11.1 Å². The van der Waals surface area contributed by atoms with E-state index in [1.807, 2.05) is 20.8 Å². The standard InChI is InChI=1S/C13H19OP/c1-7-6-8(2)12(10(4)9(7)3)13(14)11(5)15/h6,11H,15H2,1-5H3.